The molecule has 0 atom stereocenters. The molecule has 0 N–H and O–H groups in total. The zero-order chi connectivity index (χ0) is 24.0. The van der Waals surface area contributed by atoms with Crippen molar-refractivity contribution in [2.45, 2.75) is 24.2 Å². The number of sulfone groups is 1. The summed E-state index contributed by atoms with van der Waals surface area (Å²) >= 11 is 1.78. The number of anilines is 1. The number of rotatable bonds is 5. The van der Waals surface area contributed by atoms with Crippen molar-refractivity contribution in [2.75, 3.05) is 18.0 Å². The van der Waals surface area contributed by atoms with E-state index in [9.17, 15) is 18.9 Å². The zero-order valence-corrected chi connectivity index (χ0v) is 20.1. The van der Waals surface area contributed by atoms with E-state index in [4.69, 9.17) is 0 Å². The summed E-state index contributed by atoms with van der Waals surface area (Å²) in [5.41, 5.74) is 0.335. The van der Waals surface area contributed by atoms with E-state index in [2.05, 4.69) is 17.0 Å². The lowest BCUT2D eigenvalue weighted by atomic mass is 10.0. The number of hydrogen-bond acceptors (Lipinski definition) is 6. The predicted octanol–water partition coefficient (Wildman–Crippen LogP) is 6.04. The van der Waals surface area contributed by atoms with Gasteiger partial charge in [-0.15, -0.1) is 11.3 Å². The van der Waals surface area contributed by atoms with Crippen molar-refractivity contribution >= 4 is 37.8 Å². The standard InChI is InChI=1S/C27H23N3O2S2/c28-19-21(20-29)27-23-12-7-8-13-24(23)34(31,32)25(27)14-6-3-1-2-5-11-22-15-16-26(33-22)30-17-9-4-10-18-30/h1-3,5-8,11-16H,4,9-10,17-18H2. The Morgan fingerprint density at radius 1 is 0.912 bits per heavy atom. The van der Waals surface area contributed by atoms with Crippen LogP contribution in [0.15, 0.2) is 88.2 Å². The van der Waals surface area contributed by atoms with Gasteiger partial charge in [0.05, 0.1) is 14.8 Å². The largest absolute Gasteiger partial charge is 0.363 e. The van der Waals surface area contributed by atoms with Gasteiger partial charge in [0, 0.05) is 29.1 Å². The van der Waals surface area contributed by atoms with Gasteiger partial charge in [-0.25, -0.2) is 8.42 Å². The molecule has 1 saturated heterocycles. The summed E-state index contributed by atoms with van der Waals surface area (Å²) in [5, 5.41) is 20.0. The molecule has 0 aliphatic carbocycles. The quantitative estimate of drug-likeness (QED) is 0.381. The highest BCUT2D eigenvalue weighted by Gasteiger charge is 2.37. The topological polar surface area (TPSA) is 85.0 Å². The molecule has 2 aliphatic heterocycles. The molecular formula is C27H23N3O2S2. The monoisotopic (exact) mass is 485 g/mol. The highest BCUT2D eigenvalue weighted by atomic mass is 32.2. The molecule has 4 rings (SSSR count). The first-order chi connectivity index (χ1) is 16.6. The molecular weight excluding hydrogens is 462 g/mol. The molecule has 2 aromatic rings. The molecule has 0 bridgehead atoms. The van der Waals surface area contributed by atoms with E-state index in [1.165, 1.54) is 41.3 Å². The Hall–Kier alpha value is -3.65. The van der Waals surface area contributed by atoms with E-state index in [1.54, 1.807) is 47.8 Å². The SMILES string of the molecule is N#CC(C#N)=C1C(=CC=CC=CC=Cc2ccc(N3CCCCC3)s2)S(=O)(=O)c2ccccc21. The second-order valence-electron chi connectivity index (χ2n) is 7.86. The molecule has 34 heavy (non-hydrogen) atoms. The minimum atomic E-state index is -3.79. The van der Waals surface area contributed by atoms with Crippen molar-refractivity contribution in [1.29, 1.82) is 10.5 Å². The smallest absolute Gasteiger partial charge is 0.207 e. The van der Waals surface area contributed by atoms with E-state index in [0.717, 1.165) is 13.1 Å². The van der Waals surface area contributed by atoms with Crippen LogP contribution in [-0.4, -0.2) is 21.5 Å². The summed E-state index contributed by atoms with van der Waals surface area (Å²) in [5.74, 6) is 0. The van der Waals surface area contributed by atoms with E-state index >= 15 is 0 Å². The normalized spacial score (nSPS) is 18.6. The molecule has 1 aromatic carbocycles. The zero-order valence-electron chi connectivity index (χ0n) is 18.5. The number of hydrogen-bond donors (Lipinski definition) is 0. The molecule has 0 spiro atoms. The number of piperidine rings is 1. The van der Waals surface area contributed by atoms with Crippen LogP contribution < -0.4 is 4.90 Å². The third-order valence-electron chi connectivity index (χ3n) is 5.69. The van der Waals surface area contributed by atoms with E-state index in [-0.39, 0.29) is 20.9 Å². The molecule has 0 unspecified atom stereocenters. The van der Waals surface area contributed by atoms with Crippen LogP contribution in [0.5, 0.6) is 0 Å². The molecule has 5 nitrogen and oxygen atoms in total. The maximum Gasteiger partial charge on any atom is 0.207 e. The summed E-state index contributed by atoms with van der Waals surface area (Å²) in [7, 11) is -3.79. The minimum Gasteiger partial charge on any atom is -0.363 e. The van der Waals surface area contributed by atoms with Crippen LogP contribution in [0.4, 0.5) is 5.00 Å². The van der Waals surface area contributed by atoms with Crippen LogP contribution in [0, 0.1) is 22.7 Å². The van der Waals surface area contributed by atoms with Crippen molar-refractivity contribution in [3.05, 3.63) is 93.8 Å². The Balaban J connectivity index is 1.48. The van der Waals surface area contributed by atoms with Crippen LogP contribution in [0.1, 0.15) is 29.7 Å². The third-order valence-corrected chi connectivity index (χ3v) is 8.65. The van der Waals surface area contributed by atoms with Crippen molar-refractivity contribution in [3.63, 3.8) is 0 Å². The molecule has 3 heterocycles. The van der Waals surface area contributed by atoms with E-state index in [0.29, 0.717) is 5.56 Å². The maximum absolute atomic E-state index is 13.0. The second kappa shape index (κ2) is 10.5. The predicted molar refractivity (Wildman–Crippen MR) is 138 cm³/mol. The van der Waals surface area contributed by atoms with Crippen molar-refractivity contribution in [2.24, 2.45) is 0 Å². The first-order valence-corrected chi connectivity index (χ1v) is 13.3. The first kappa shape index (κ1) is 23.5. The van der Waals surface area contributed by atoms with Crippen molar-refractivity contribution < 1.29 is 8.42 Å². The summed E-state index contributed by atoms with van der Waals surface area (Å²) in [4.78, 5) is 3.71. The average molecular weight is 486 g/mol. The highest BCUT2D eigenvalue weighted by molar-refractivity contribution is 7.96. The number of fused-ring (bicyclic) bond motifs is 1. The molecule has 170 valence electrons. The van der Waals surface area contributed by atoms with Gasteiger partial charge in [-0.05, 0) is 49.6 Å². The molecule has 0 saturated carbocycles. The van der Waals surface area contributed by atoms with Crippen LogP contribution in [0.2, 0.25) is 0 Å². The Bertz CT molecular complexity index is 1400. The van der Waals surface area contributed by atoms with Crippen LogP contribution in [0.25, 0.3) is 11.6 Å². The lowest BCUT2D eigenvalue weighted by Crippen LogP contribution is -2.28. The molecule has 1 fully saturated rings. The second-order valence-corrected chi connectivity index (χ2v) is 10.8. The van der Waals surface area contributed by atoms with Gasteiger partial charge in [0.1, 0.15) is 17.7 Å². The molecule has 0 amide bonds. The lowest BCUT2D eigenvalue weighted by molar-refractivity contribution is 0.580. The van der Waals surface area contributed by atoms with Gasteiger partial charge >= 0.3 is 0 Å². The lowest BCUT2D eigenvalue weighted by Gasteiger charge is -2.27. The van der Waals surface area contributed by atoms with Crippen LogP contribution >= 0.6 is 11.3 Å². The molecule has 2 aliphatic rings. The van der Waals surface area contributed by atoms with Crippen LogP contribution in [-0.2, 0) is 9.84 Å². The fourth-order valence-corrected chi connectivity index (χ4v) is 6.73. The Morgan fingerprint density at radius 2 is 1.62 bits per heavy atom. The van der Waals surface area contributed by atoms with Crippen molar-refractivity contribution in [3.8, 4) is 12.1 Å². The summed E-state index contributed by atoms with van der Waals surface area (Å²) in [6.45, 7) is 2.26. The molecule has 7 heteroatoms. The molecule has 0 radical (unpaired) electrons. The van der Waals surface area contributed by atoms with Gasteiger partial charge in [-0.3, -0.25) is 0 Å². The summed E-state index contributed by atoms with van der Waals surface area (Å²) in [6, 6.07) is 14.4. The maximum atomic E-state index is 13.0. The number of thiophene rings is 1. The summed E-state index contributed by atoms with van der Waals surface area (Å²) < 4.78 is 26.0. The fourth-order valence-electron chi connectivity index (χ4n) is 4.06. The van der Waals surface area contributed by atoms with Crippen molar-refractivity contribution in [1.82, 2.24) is 0 Å². The number of nitriles is 2. The van der Waals surface area contributed by atoms with E-state index < -0.39 is 9.84 Å². The van der Waals surface area contributed by atoms with E-state index in [1.807, 2.05) is 30.4 Å². The van der Waals surface area contributed by atoms with Gasteiger partial charge in [0.25, 0.3) is 0 Å². The summed E-state index contributed by atoms with van der Waals surface area (Å²) in [6.07, 6.45) is 16.3. The van der Waals surface area contributed by atoms with Gasteiger partial charge in [0.2, 0.25) is 9.84 Å². The average Bonchev–Trinajstić information content (AvgIpc) is 3.42. The number of nitrogens with zero attached hydrogens (tertiary/aromatic N) is 3. The number of allylic oxidation sites excluding steroid dienone is 8. The molecule has 1 aromatic heterocycles. The van der Waals surface area contributed by atoms with Gasteiger partial charge in [0.15, 0.2) is 0 Å². The Labute approximate surface area is 204 Å². The van der Waals surface area contributed by atoms with Gasteiger partial charge in [-0.1, -0.05) is 48.6 Å². The number of benzene rings is 1. The first-order valence-electron chi connectivity index (χ1n) is 11.0. The minimum absolute atomic E-state index is 0.0316. The van der Waals surface area contributed by atoms with Crippen LogP contribution in [0.3, 0.4) is 0 Å². The Morgan fingerprint density at radius 3 is 2.38 bits per heavy atom. The highest BCUT2D eigenvalue weighted by Crippen LogP contribution is 2.44. The fraction of sp³-hybridized carbons (Fsp3) is 0.185. The van der Waals surface area contributed by atoms with Gasteiger partial charge < -0.3 is 4.90 Å². The van der Waals surface area contributed by atoms with Gasteiger partial charge in [-0.2, -0.15) is 10.5 Å². The Kier molecular flexibility index (Phi) is 7.27. The third kappa shape index (κ3) is 4.82.